The van der Waals surface area contributed by atoms with Crippen LogP contribution in [0, 0.1) is 6.92 Å². The lowest BCUT2D eigenvalue weighted by atomic mass is 10.1. The number of aryl methyl sites for hydroxylation is 1. The molecule has 0 aliphatic rings. The van der Waals surface area contributed by atoms with Crippen LogP contribution < -0.4 is 15.8 Å². The highest BCUT2D eigenvalue weighted by Crippen LogP contribution is 2.35. The second kappa shape index (κ2) is 6.31. The van der Waals surface area contributed by atoms with Crippen molar-refractivity contribution >= 4 is 49.7 Å². The molecule has 0 fully saturated rings. The van der Waals surface area contributed by atoms with Gasteiger partial charge in [-0.25, -0.2) is 4.98 Å². The third-order valence-electron chi connectivity index (χ3n) is 4.30. The number of amides is 1. The first-order chi connectivity index (χ1) is 12.6. The van der Waals surface area contributed by atoms with Crippen molar-refractivity contribution in [3.63, 3.8) is 0 Å². The van der Waals surface area contributed by atoms with Gasteiger partial charge < -0.3 is 15.8 Å². The van der Waals surface area contributed by atoms with Crippen LogP contribution in [0.3, 0.4) is 0 Å². The number of carbonyl (C=O) groups is 1. The Morgan fingerprint density at radius 1 is 1.19 bits per heavy atom. The second-order valence-electron chi connectivity index (χ2n) is 6.02. The van der Waals surface area contributed by atoms with Gasteiger partial charge in [-0.15, -0.1) is 11.3 Å². The Labute approximate surface area is 154 Å². The summed E-state index contributed by atoms with van der Waals surface area (Å²) in [7, 11) is 1.60. The minimum absolute atomic E-state index is 0.239. The number of para-hydroxylation sites is 1. The maximum absolute atomic E-state index is 12.7. The van der Waals surface area contributed by atoms with Gasteiger partial charge in [-0.05, 0) is 42.8 Å². The van der Waals surface area contributed by atoms with E-state index in [2.05, 4.69) is 5.32 Å². The molecule has 3 N–H and O–H groups in total. The molecule has 0 aliphatic heterocycles. The van der Waals surface area contributed by atoms with E-state index >= 15 is 0 Å². The van der Waals surface area contributed by atoms with Gasteiger partial charge in [0.2, 0.25) is 0 Å². The molecular formula is C20H17N3O2S. The maximum atomic E-state index is 12.7. The number of nitrogen functional groups attached to an aromatic ring is 1. The Kier molecular flexibility index (Phi) is 3.97. The van der Waals surface area contributed by atoms with Crippen molar-refractivity contribution in [2.24, 2.45) is 0 Å². The van der Waals surface area contributed by atoms with Gasteiger partial charge >= 0.3 is 0 Å². The average molecular weight is 363 g/mol. The number of thiophene rings is 1. The standard InChI is InChI=1S/C20H17N3O2S/c1-11-4-3-5-12-10-15-16(21)18(26-20(15)23-17(11)12)19(24)22-13-6-8-14(25-2)9-7-13/h3-10H,21H2,1-2H3,(H,22,24). The molecule has 4 aromatic rings. The summed E-state index contributed by atoms with van der Waals surface area (Å²) < 4.78 is 5.13. The van der Waals surface area contributed by atoms with Crippen LogP contribution in [0.5, 0.6) is 5.75 Å². The molecule has 0 saturated heterocycles. The van der Waals surface area contributed by atoms with Crippen molar-refractivity contribution in [3.8, 4) is 5.75 Å². The molecule has 2 heterocycles. The zero-order valence-corrected chi connectivity index (χ0v) is 15.2. The van der Waals surface area contributed by atoms with Gasteiger partial charge in [0, 0.05) is 16.5 Å². The van der Waals surface area contributed by atoms with Crippen LogP contribution >= 0.6 is 11.3 Å². The number of nitrogens with zero attached hydrogens (tertiary/aromatic N) is 1. The molecule has 0 spiro atoms. The summed E-state index contributed by atoms with van der Waals surface area (Å²) in [5, 5.41) is 4.70. The predicted octanol–water partition coefficient (Wildman–Crippen LogP) is 4.60. The zero-order chi connectivity index (χ0) is 18.3. The Hall–Kier alpha value is -3.12. The molecule has 1 amide bonds. The molecule has 130 valence electrons. The summed E-state index contributed by atoms with van der Waals surface area (Å²) in [6.45, 7) is 2.02. The highest BCUT2D eigenvalue weighted by molar-refractivity contribution is 7.21. The summed E-state index contributed by atoms with van der Waals surface area (Å²) in [5.74, 6) is 0.493. The second-order valence-corrected chi connectivity index (χ2v) is 7.01. The van der Waals surface area contributed by atoms with Crippen LogP contribution in [-0.2, 0) is 0 Å². The predicted molar refractivity (Wildman–Crippen MR) is 107 cm³/mol. The molecule has 0 atom stereocenters. The monoisotopic (exact) mass is 363 g/mol. The van der Waals surface area contributed by atoms with Crippen LogP contribution in [0.1, 0.15) is 15.2 Å². The van der Waals surface area contributed by atoms with Crippen LogP contribution in [-0.4, -0.2) is 18.0 Å². The number of hydrogen-bond acceptors (Lipinski definition) is 5. The van der Waals surface area contributed by atoms with E-state index in [9.17, 15) is 4.79 Å². The fourth-order valence-corrected chi connectivity index (χ4v) is 3.88. The number of benzene rings is 2. The Morgan fingerprint density at radius 2 is 1.96 bits per heavy atom. The number of pyridine rings is 1. The third-order valence-corrected chi connectivity index (χ3v) is 5.41. The fraction of sp³-hybridized carbons (Fsp3) is 0.100. The SMILES string of the molecule is COc1ccc(NC(=O)c2sc3nc4c(C)cccc4cc3c2N)cc1. The molecule has 4 rings (SSSR count). The highest BCUT2D eigenvalue weighted by atomic mass is 32.1. The number of aromatic nitrogens is 1. The van der Waals surface area contributed by atoms with Crippen molar-refractivity contribution in [2.45, 2.75) is 6.92 Å². The van der Waals surface area contributed by atoms with Crippen molar-refractivity contribution in [3.05, 3.63) is 59.0 Å². The fourth-order valence-electron chi connectivity index (χ4n) is 2.91. The number of hydrogen-bond donors (Lipinski definition) is 2. The summed E-state index contributed by atoms with van der Waals surface area (Å²) >= 11 is 1.31. The normalized spacial score (nSPS) is 11.0. The van der Waals surface area contributed by atoms with Crippen LogP contribution in [0.4, 0.5) is 11.4 Å². The summed E-state index contributed by atoms with van der Waals surface area (Å²) in [6, 6.07) is 15.2. The summed E-state index contributed by atoms with van der Waals surface area (Å²) in [5.41, 5.74) is 9.44. The van der Waals surface area contributed by atoms with Gasteiger partial charge in [0.15, 0.2) is 0 Å². The van der Waals surface area contributed by atoms with Gasteiger partial charge in [0.05, 0.1) is 18.3 Å². The number of anilines is 2. The number of carbonyl (C=O) groups excluding carboxylic acids is 1. The van der Waals surface area contributed by atoms with Gasteiger partial charge in [-0.3, -0.25) is 4.79 Å². The lowest BCUT2D eigenvalue weighted by Crippen LogP contribution is -2.11. The van der Waals surface area contributed by atoms with Gasteiger partial charge in [-0.2, -0.15) is 0 Å². The summed E-state index contributed by atoms with van der Waals surface area (Å²) in [4.78, 5) is 18.6. The third kappa shape index (κ3) is 2.74. The quantitative estimate of drug-likeness (QED) is 0.558. The molecule has 0 aliphatic carbocycles. The number of ether oxygens (including phenoxy) is 1. The molecule has 26 heavy (non-hydrogen) atoms. The minimum atomic E-state index is -0.239. The Morgan fingerprint density at radius 3 is 2.69 bits per heavy atom. The van der Waals surface area contributed by atoms with E-state index in [4.69, 9.17) is 15.5 Å². The van der Waals surface area contributed by atoms with E-state index in [0.717, 1.165) is 32.4 Å². The van der Waals surface area contributed by atoms with Gasteiger partial charge in [0.25, 0.3) is 5.91 Å². The summed E-state index contributed by atoms with van der Waals surface area (Å²) in [6.07, 6.45) is 0. The lowest BCUT2D eigenvalue weighted by molar-refractivity contribution is 0.103. The number of nitrogens with one attached hydrogen (secondary N) is 1. The smallest absolute Gasteiger partial charge is 0.267 e. The van der Waals surface area contributed by atoms with E-state index in [-0.39, 0.29) is 5.91 Å². The number of fused-ring (bicyclic) bond motifs is 2. The van der Waals surface area contributed by atoms with Crippen LogP contribution in [0.25, 0.3) is 21.1 Å². The Balaban J connectivity index is 1.73. The first-order valence-corrected chi connectivity index (χ1v) is 8.92. The molecule has 2 aromatic carbocycles. The van der Waals surface area contributed by atoms with Gasteiger partial charge in [-0.1, -0.05) is 18.2 Å². The topological polar surface area (TPSA) is 77.2 Å². The van der Waals surface area contributed by atoms with Crippen LogP contribution in [0.2, 0.25) is 0 Å². The molecule has 6 heteroatoms. The van der Waals surface area contributed by atoms with E-state index in [1.54, 1.807) is 31.4 Å². The lowest BCUT2D eigenvalue weighted by Gasteiger charge is -2.05. The number of rotatable bonds is 3. The highest BCUT2D eigenvalue weighted by Gasteiger charge is 2.18. The number of methoxy groups -OCH3 is 1. The number of nitrogens with two attached hydrogens (primary N) is 1. The van der Waals surface area contributed by atoms with E-state index in [0.29, 0.717) is 16.3 Å². The van der Waals surface area contributed by atoms with Crippen molar-refractivity contribution in [1.82, 2.24) is 4.98 Å². The van der Waals surface area contributed by atoms with E-state index in [1.807, 2.05) is 31.2 Å². The molecule has 5 nitrogen and oxygen atoms in total. The first-order valence-electron chi connectivity index (χ1n) is 8.10. The van der Waals surface area contributed by atoms with Gasteiger partial charge in [0.1, 0.15) is 15.5 Å². The minimum Gasteiger partial charge on any atom is -0.497 e. The van der Waals surface area contributed by atoms with Crippen molar-refractivity contribution in [1.29, 1.82) is 0 Å². The largest absolute Gasteiger partial charge is 0.497 e. The molecule has 2 aromatic heterocycles. The Bertz CT molecular complexity index is 1130. The molecule has 0 radical (unpaired) electrons. The molecule has 0 unspecified atom stereocenters. The maximum Gasteiger partial charge on any atom is 0.267 e. The van der Waals surface area contributed by atoms with Crippen molar-refractivity contribution in [2.75, 3.05) is 18.2 Å². The zero-order valence-electron chi connectivity index (χ0n) is 14.4. The molecule has 0 saturated carbocycles. The molecule has 0 bridgehead atoms. The van der Waals surface area contributed by atoms with E-state index in [1.165, 1.54) is 11.3 Å². The van der Waals surface area contributed by atoms with E-state index < -0.39 is 0 Å². The average Bonchev–Trinajstić information content (AvgIpc) is 2.97. The first kappa shape index (κ1) is 16.4. The van der Waals surface area contributed by atoms with Crippen molar-refractivity contribution < 1.29 is 9.53 Å². The van der Waals surface area contributed by atoms with Crippen LogP contribution in [0.15, 0.2) is 48.5 Å². The molecular weight excluding hydrogens is 346 g/mol.